The van der Waals surface area contributed by atoms with Gasteiger partial charge in [-0.05, 0) is 57.9 Å². The molecule has 0 atom stereocenters. The highest BCUT2D eigenvalue weighted by molar-refractivity contribution is 7.09. The van der Waals surface area contributed by atoms with E-state index in [1.54, 1.807) is 16.2 Å². The fourth-order valence-electron chi connectivity index (χ4n) is 3.21. The smallest absolute Gasteiger partial charge is 0.410 e. The van der Waals surface area contributed by atoms with Crippen molar-refractivity contribution < 1.29 is 19.1 Å². The van der Waals surface area contributed by atoms with Gasteiger partial charge in [0.2, 0.25) is 5.91 Å². The number of benzene rings is 1. The minimum absolute atomic E-state index is 0.101. The summed E-state index contributed by atoms with van der Waals surface area (Å²) in [6, 6.07) is 7.26. The molecule has 1 aliphatic heterocycles. The highest BCUT2D eigenvalue weighted by Gasteiger charge is 2.28. The lowest BCUT2D eigenvalue weighted by atomic mass is 9.98. The maximum absolute atomic E-state index is 12.2. The van der Waals surface area contributed by atoms with Crippen molar-refractivity contribution in [3.63, 3.8) is 0 Å². The summed E-state index contributed by atoms with van der Waals surface area (Å²) in [7, 11) is 0. The Labute approximate surface area is 181 Å². The van der Waals surface area contributed by atoms with E-state index >= 15 is 0 Å². The molecule has 2 aromatic rings. The second kappa shape index (κ2) is 9.47. The second-order valence-corrected chi connectivity index (χ2v) is 9.30. The molecule has 2 amide bonds. The topological polar surface area (TPSA) is 80.8 Å². The van der Waals surface area contributed by atoms with Crippen molar-refractivity contribution in [2.24, 2.45) is 0 Å². The number of hydrogen-bond donors (Lipinski definition) is 1. The van der Waals surface area contributed by atoms with Gasteiger partial charge in [0.25, 0.3) is 0 Å². The average molecular weight is 432 g/mol. The van der Waals surface area contributed by atoms with Crippen molar-refractivity contribution in [1.29, 1.82) is 0 Å². The SMILES string of the molecule is CC(=O)Nc1ccc(OCc2csc(C3CCN(C(=O)OC(C)(C)C)CC3)n2)cc1. The van der Waals surface area contributed by atoms with Crippen LogP contribution in [0.1, 0.15) is 57.2 Å². The van der Waals surface area contributed by atoms with Gasteiger partial charge in [-0.2, -0.15) is 0 Å². The molecule has 0 spiro atoms. The molecule has 0 unspecified atom stereocenters. The number of carbonyl (C=O) groups is 2. The largest absolute Gasteiger partial charge is 0.487 e. The van der Waals surface area contributed by atoms with E-state index in [0.29, 0.717) is 25.6 Å². The first-order valence-electron chi connectivity index (χ1n) is 10.1. The molecular weight excluding hydrogens is 402 g/mol. The van der Waals surface area contributed by atoms with Crippen LogP contribution < -0.4 is 10.1 Å². The third-order valence-electron chi connectivity index (χ3n) is 4.63. The number of nitrogens with one attached hydrogen (secondary N) is 1. The Kier molecular flexibility index (Phi) is 6.97. The molecule has 30 heavy (non-hydrogen) atoms. The van der Waals surface area contributed by atoms with Crippen LogP contribution in [0.5, 0.6) is 5.75 Å². The minimum atomic E-state index is -0.470. The predicted molar refractivity (Wildman–Crippen MR) is 117 cm³/mol. The van der Waals surface area contributed by atoms with E-state index in [0.717, 1.165) is 35.0 Å². The lowest BCUT2D eigenvalue weighted by Gasteiger charge is -2.32. The third kappa shape index (κ3) is 6.45. The summed E-state index contributed by atoms with van der Waals surface area (Å²) in [5.74, 6) is 0.985. The van der Waals surface area contributed by atoms with Gasteiger partial charge in [-0.15, -0.1) is 11.3 Å². The standard InChI is InChI=1S/C22H29N3O4S/c1-15(26)23-17-5-7-19(8-6-17)28-13-18-14-30-20(24-18)16-9-11-25(12-10-16)21(27)29-22(2,3)4/h5-8,14,16H,9-13H2,1-4H3,(H,23,26). The van der Waals surface area contributed by atoms with Gasteiger partial charge in [0.05, 0.1) is 10.7 Å². The van der Waals surface area contributed by atoms with E-state index in [1.807, 2.05) is 50.4 Å². The second-order valence-electron chi connectivity index (χ2n) is 8.41. The van der Waals surface area contributed by atoms with Crippen LogP contribution in [-0.2, 0) is 16.1 Å². The Hall–Kier alpha value is -2.61. The fourth-order valence-corrected chi connectivity index (χ4v) is 4.18. The number of anilines is 1. The zero-order valence-corrected chi connectivity index (χ0v) is 18.8. The summed E-state index contributed by atoms with van der Waals surface area (Å²) in [6.45, 7) is 8.90. The quantitative estimate of drug-likeness (QED) is 0.736. The summed E-state index contributed by atoms with van der Waals surface area (Å²) in [6.07, 6.45) is 1.54. The average Bonchev–Trinajstić information content (AvgIpc) is 3.15. The molecule has 8 heteroatoms. The Balaban J connectivity index is 1.47. The van der Waals surface area contributed by atoms with Crippen LogP contribution in [0.15, 0.2) is 29.6 Å². The molecule has 3 rings (SSSR count). The molecule has 2 heterocycles. The van der Waals surface area contributed by atoms with Crippen molar-refractivity contribution in [2.45, 2.75) is 58.7 Å². The number of ether oxygens (including phenoxy) is 2. The summed E-state index contributed by atoms with van der Waals surface area (Å²) in [5.41, 5.74) is 1.17. The fraction of sp³-hybridized carbons (Fsp3) is 0.500. The van der Waals surface area contributed by atoms with E-state index in [2.05, 4.69) is 5.32 Å². The van der Waals surface area contributed by atoms with Crippen molar-refractivity contribution in [3.8, 4) is 5.75 Å². The van der Waals surface area contributed by atoms with Gasteiger partial charge in [-0.1, -0.05) is 0 Å². The molecule has 162 valence electrons. The summed E-state index contributed by atoms with van der Waals surface area (Å²) in [4.78, 5) is 29.8. The predicted octanol–water partition coefficient (Wildman–Crippen LogP) is 4.80. The van der Waals surface area contributed by atoms with Gasteiger partial charge in [-0.25, -0.2) is 9.78 Å². The number of rotatable bonds is 5. The molecule has 0 bridgehead atoms. The highest BCUT2D eigenvalue weighted by atomic mass is 32.1. The number of carbonyl (C=O) groups excluding carboxylic acids is 2. The summed E-state index contributed by atoms with van der Waals surface area (Å²) in [5, 5.41) is 5.85. The van der Waals surface area contributed by atoms with E-state index in [1.165, 1.54) is 6.92 Å². The van der Waals surface area contributed by atoms with Gasteiger partial charge >= 0.3 is 6.09 Å². The first kappa shape index (κ1) is 22.1. The number of aromatic nitrogens is 1. The van der Waals surface area contributed by atoms with Crippen molar-refractivity contribution >= 4 is 29.0 Å². The Morgan fingerprint density at radius 2 is 1.87 bits per heavy atom. The van der Waals surface area contributed by atoms with Gasteiger partial charge in [0, 0.05) is 37.0 Å². The van der Waals surface area contributed by atoms with Crippen LogP contribution in [0.2, 0.25) is 0 Å². The molecule has 7 nitrogen and oxygen atoms in total. The maximum Gasteiger partial charge on any atom is 0.410 e. The van der Waals surface area contributed by atoms with Gasteiger partial charge < -0.3 is 19.7 Å². The molecule has 1 aromatic heterocycles. The van der Waals surface area contributed by atoms with Gasteiger partial charge in [0.15, 0.2) is 0 Å². The number of hydrogen-bond acceptors (Lipinski definition) is 6. The molecular formula is C22H29N3O4S. The summed E-state index contributed by atoms with van der Waals surface area (Å²) < 4.78 is 11.3. The molecule has 1 aliphatic rings. The van der Waals surface area contributed by atoms with Crippen molar-refractivity contribution in [3.05, 3.63) is 40.3 Å². The number of piperidine rings is 1. The number of thiazole rings is 1. The summed E-state index contributed by atoms with van der Waals surface area (Å²) >= 11 is 1.65. The lowest BCUT2D eigenvalue weighted by Crippen LogP contribution is -2.41. The minimum Gasteiger partial charge on any atom is -0.487 e. The molecule has 1 N–H and O–H groups in total. The van der Waals surface area contributed by atoms with Crippen molar-refractivity contribution in [2.75, 3.05) is 18.4 Å². The van der Waals surface area contributed by atoms with Crippen molar-refractivity contribution in [1.82, 2.24) is 9.88 Å². The van der Waals surface area contributed by atoms with Crippen LogP contribution in [0.25, 0.3) is 0 Å². The molecule has 1 aromatic carbocycles. The normalized spacial score (nSPS) is 15.0. The highest BCUT2D eigenvalue weighted by Crippen LogP contribution is 2.31. The number of likely N-dealkylation sites (tertiary alicyclic amines) is 1. The number of amides is 2. The van der Waals surface area contributed by atoms with E-state index < -0.39 is 5.60 Å². The van der Waals surface area contributed by atoms with Crippen LogP contribution in [0.4, 0.5) is 10.5 Å². The Morgan fingerprint density at radius 3 is 2.47 bits per heavy atom. The van der Waals surface area contributed by atoms with E-state index in [9.17, 15) is 9.59 Å². The van der Waals surface area contributed by atoms with Gasteiger partial charge in [-0.3, -0.25) is 4.79 Å². The Morgan fingerprint density at radius 1 is 1.20 bits per heavy atom. The number of nitrogens with zero attached hydrogens (tertiary/aromatic N) is 2. The molecule has 0 saturated carbocycles. The molecule has 1 fully saturated rings. The van der Waals surface area contributed by atoms with E-state index in [4.69, 9.17) is 14.5 Å². The van der Waals surface area contributed by atoms with Crippen LogP contribution in [0, 0.1) is 0 Å². The van der Waals surface area contributed by atoms with Crippen LogP contribution in [0.3, 0.4) is 0 Å². The molecule has 0 aliphatic carbocycles. The van der Waals surface area contributed by atoms with Crippen LogP contribution >= 0.6 is 11.3 Å². The first-order valence-corrected chi connectivity index (χ1v) is 11.0. The van der Waals surface area contributed by atoms with Crippen LogP contribution in [-0.4, -0.2) is 40.6 Å². The maximum atomic E-state index is 12.2. The Bertz CT molecular complexity index is 865. The first-order chi connectivity index (χ1) is 14.2. The van der Waals surface area contributed by atoms with E-state index in [-0.39, 0.29) is 12.0 Å². The molecule has 0 radical (unpaired) electrons. The monoisotopic (exact) mass is 431 g/mol. The van der Waals surface area contributed by atoms with Gasteiger partial charge in [0.1, 0.15) is 18.0 Å². The lowest BCUT2D eigenvalue weighted by molar-refractivity contribution is -0.114. The molecule has 1 saturated heterocycles. The zero-order chi connectivity index (χ0) is 21.7. The third-order valence-corrected chi connectivity index (χ3v) is 5.68. The zero-order valence-electron chi connectivity index (χ0n) is 17.9.